The first-order valence-electron chi connectivity index (χ1n) is 6.45. The summed E-state index contributed by atoms with van der Waals surface area (Å²) in [6.45, 7) is 7.38. The van der Waals surface area contributed by atoms with Crippen molar-refractivity contribution in [3.05, 3.63) is 28.5 Å². The van der Waals surface area contributed by atoms with Crippen LogP contribution in [0.15, 0.2) is 12.1 Å². The van der Waals surface area contributed by atoms with Gasteiger partial charge in [0.2, 0.25) is 0 Å². The normalized spacial score (nSPS) is 12.6. The van der Waals surface area contributed by atoms with E-state index in [1.165, 1.54) is 0 Å². The molecule has 1 rings (SSSR count). The van der Waals surface area contributed by atoms with Gasteiger partial charge < -0.3 is 9.80 Å². The smallest absolute Gasteiger partial charge is 0.254 e. The molecule has 0 fully saturated rings. The average molecular weight is 284 g/mol. The van der Waals surface area contributed by atoms with E-state index in [4.69, 9.17) is 11.6 Å². The molecule has 1 heterocycles. The number of carbonyl (C=O) groups is 1. The molecular weight excluding hydrogens is 262 g/mol. The summed E-state index contributed by atoms with van der Waals surface area (Å²) in [6, 6.07) is 3.56. The summed E-state index contributed by atoms with van der Waals surface area (Å²) in [5, 5.41) is 0.361. The number of amides is 1. The molecule has 1 aromatic heterocycles. The van der Waals surface area contributed by atoms with Gasteiger partial charge in [-0.25, -0.2) is 4.98 Å². The van der Waals surface area contributed by atoms with Crippen LogP contribution in [0.1, 0.15) is 29.9 Å². The average Bonchev–Trinajstić information content (AvgIpc) is 2.27. The molecule has 0 spiro atoms. The van der Waals surface area contributed by atoms with E-state index in [2.05, 4.69) is 16.8 Å². The number of hydrogen-bond acceptors (Lipinski definition) is 3. The van der Waals surface area contributed by atoms with Gasteiger partial charge in [0.15, 0.2) is 0 Å². The van der Waals surface area contributed by atoms with Crippen LogP contribution in [0.2, 0.25) is 5.15 Å². The van der Waals surface area contributed by atoms with Crippen molar-refractivity contribution in [2.24, 2.45) is 0 Å². The molecular formula is C14H22ClN3O. The SMILES string of the molecule is CCN(C(=O)c1cc(C)nc(Cl)c1)C(C)CN(C)C. The number of rotatable bonds is 5. The van der Waals surface area contributed by atoms with Crippen molar-refractivity contribution in [2.45, 2.75) is 26.8 Å². The van der Waals surface area contributed by atoms with Crippen molar-refractivity contribution >= 4 is 17.5 Å². The molecule has 4 nitrogen and oxygen atoms in total. The van der Waals surface area contributed by atoms with Crippen molar-refractivity contribution in [1.82, 2.24) is 14.8 Å². The molecule has 1 amide bonds. The fraction of sp³-hybridized carbons (Fsp3) is 0.571. The van der Waals surface area contributed by atoms with Gasteiger partial charge in [0, 0.05) is 30.4 Å². The lowest BCUT2D eigenvalue weighted by Crippen LogP contribution is -2.43. The lowest BCUT2D eigenvalue weighted by Gasteiger charge is -2.30. The van der Waals surface area contributed by atoms with Crippen LogP contribution in [-0.4, -0.2) is 53.9 Å². The van der Waals surface area contributed by atoms with Crippen molar-refractivity contribution < 1.29 is 4.79 Å². The summed E-state index contributed by atoms with van der Waals surface area (Å²) in [5.41, 5.74) is 1.36. The van der Waals surface area contributed by atoms with Gasteiger partial charge in [-0.15, -0.1) is 0 Å². The molecule has 0 radical (unpaired) electrons. The third-order valence-corrected chi connectivity index (χ3v) is 3.13. The first-order valence-corrected chi connectivity index (χ1v) is 6.82. The summed E-state index contributed by atoms with van der Waals surface area (Å²) in [7, 11) is 4.00. The summed E-state index contributed by atoms with van der Waals surface area (Å²) in [5.74, 6) is 0.00394. The first-order chi connectivity index (χ1) is 8.85. The third-order valence-electron chi connectivity index (χ3n) is 2.93. The Balaban J connectivity index is 2.94. The molecule has 1 aromatic rings. The van der Waals surface area contributed by atoms with Gasteiger partial charge in [-0.2, -0.15) is 0 Å². The number of halogens is 1. The van der Waals surface area contributed by atoms with Crippen molar-refractivity contribution in [2.75, 3.05) is 27.2 Å². The number of carbonyl (C=O) groups excluding carboxylic acids is 1. The number of hydrogen-bond donors (Lipinski definition) is 0. The maximum atomic E-state index is 12.5. The molecule has 0 N–H and O–H groups in total. The van der Waals surface area contributed by atoms with Gasteiger partial charge in [0.1, 0.15) is 5.15 Å². The quantitative estimate of drug-likeness (QED) is 0.779. The van der Waals surface area contributed by atoms with Crippen LogP contribution in [0, 0.1) is 6.92 Å². The Bertz CT molecular complexity index is 428. The molecule has 1 atom stereocenters. The Morgan fingerprint density at radius 1 is 1.42 bits per heavy atom. The molecule has 0 aromatic carbocycles. The fourth-order valence-corrected chi connectivity index (χ4v) is 2.45. The highest BCUT2D eigenvalue weighted by molar-refractivity contribution is 6.29. The molecule has 5 heteroatoms. The fourth-order valence-electron chi connectivity index (χ4n) is 2.20. The van der Waals surface area contributed by atoms with Crippen LogP contribution in [0.3, 0.4) is 0 Å². The first kappa shape index (κ1) is 15.9. The van der Waals surface area contributed by atoms with Crippen molar-refractivity contribution in [3.8, 4) is 0 Å². The second-order valence-electron chi connectivity index (χ2n) is 5.02. The van der Waals surface area contributed by atoms with E-state index >= 15 is 0 Å². The molecule has 0 saturated carbocycles. The highest BCUT2D eigenvalue weighted by Crippen LogP contribution is 2.14. The summed E-state index contributed by atoms with van der Waals surface area (Å²) in [6.07, 6.45) is 0. The molecule has 19 heavy (non-hydrogen) atoms. The zero-order chi connectivity index (χ0) is 14.6. The number of pyridine rings is 1. The largest absolute Gasteiger partial charge is 0.335 e. The van der Waals surface area contributed by atoms with E-state index in [0.717, 1.165) is 12.2 Å². The van der Waals surface area contributed by atoms with Crippen LogP contribution in [0.5, 0.6) is 0 Å². The molecule has 0 aliphatic rings. The van der Waals surface area contributed by atoms with Gasteiger partial charge in [0.05, 0.1) is 0 Å². The third kappa shape index (κ3) is 4.48. The van der Waals surface area contributed by atoms with Gasteiger partial charge in [-0.1, -0.05) is 11.6 Å². The summed E-state index contributed by atoms with van der Waals surface area (Å²) in [4.78, 5) is 20.5. The predicted molar refractivity (Wildman–Crippen MR) is 78.7 cm³/mol. The Kier molecular flexibility index (Phi) is 5.76. The van der Waals surface area contributed by atoms with Crippen LogP contribution in [-0.2, 0) is 0 Å². The standard InChI is InChI=1S/C14H22ClN3O/c1-6-18(11(3)9-17(4)5)14(19)12-7-10(2)16-13(15)8-12/h7-8,11H,6,9H2,1-5H3. The van der Waals surface area contributed by atoms with Crippen molar-refractivity contribution in [1.29, 1.82) is 0 Å². The highest BCUT2D eigenvalue weighted by atomic mass is 35.5. The monoisotopic (exact) mass is 283 g/mol. The van der Waals surface area contributed by atoms with E-state index in [0.29, 0.717) is 17.3 Å². The van der Waals surface area contributed by atoms with E-state index in [1.54, 1.807) is 12.1 Å². The molecule has 0 bridgehead atoms. The minimum Gasteiger partial charge on any atom is -0.335 e. The Morgan fingerprint density at radius 3 is 2.53 bits per heavy atom. The Hall–Kier alpha value is -1.13. The minimum atomic E-state index is 0.00394. The lowest BCUT2D eigenvalue weighted by molar-refractivity contribution is 0.0679. The van der Waals surface area contributed by atoms with Gasteiger partial charge in [0.25, 0.3) is 5.91 Å². The second kappa shape index (κ2) is 6.87. The van der Waals surface area contributed by atoms with Crippen molar-refractivity contribution in [3.63, 3.8) is 0 Å². The van der Waals surface area contributed by atoms with E-state index < -0.39 is 0 Å². The van der Waals surface area contributed by atoms with Gasteiger partial charge >= 0.3 is 0 Å². The molecule has 106 valence electrons. The zero-order valence-corrected chi connectivity index (χ0v) is 13.0. The maximum Gasteiger partial charge on any atom is 0.254 e. The predicted octanol–water partition coefficient (Wildman–Crippen LogP) is 2.46. The number of aromatic nitrogens is 1. The molecule has 1 unspecified atom stereocenters. The zero-order valence-electron chi connectivity index (χ0n) is 12.3. The highest BCUT2D eigenvalue weighted by Gasteiger charge is 2.21. The Labute approximate surface area is 120 Å². The minimum absolute atomic E-state index is 0.00394. The van der Waals surface area contributed by atoms with Crippen LogP contribution >= 0.6 is 11.6 Å². The molecule has 0 aliphatic carbocycles. The maximum absolute atomic E-state index is 12.5. The number of nitrogens with zero attached hydrogens (tertiary/aromatic N) is 3. The van der Waals surface area contributed by atoms with Crippen LogP contribution in [0.4, 0.5) is 0 Å². The lowest BCUT2D eigenvalue weighted by atomic mass is 10.1. The second-order valence-corrected chi connectivity index (χ2v) is 5.41. The van der Waals surface area contributed by atoms with Crippen LogP contribution < -0.4 is 0 Å². The van der Waals surface area contributed by atoms with E-state index in [1.807, 2.05) is 32.8 Å². The van der Waals surface area contributed by atoms with Gasteiger partial charge in [-0.05, 0) is 47.0 Å². The number of aryl methyl sites for hydroxylation is 1. The summed E-state index contributed by atoms with van der Waals surface area (Å²) < 4.78 is 0. The molecule has 0 aliphatic heterocycles. The van der Waals surface area contributed by atoms with E-state index in [-0.39, 0.29) is 11.9 Å². The molecule has 0 saturated heterocycles. The topological polar surface area (TPSA) is 36.4 Å². The summed E-state index contributed by atoms with van der Waals surface area (Å²) >= 11 is 5.92. The number of likely N-dealkylation sites (N-methyl/N-ethyl adjacent to an activating group) is 2. The van der Waals surface area contributed by atoms with E-state index in [9.17, 15) is 4.79 Å². The Morgan fingerprint density at radius 2 is 2.05 bits per heavy atom. The van der Waals surface area contributed by atoms with Gasteiger partial charge in [-0.3, -0.25) is 4.79 Å². The van der Waals surface area contributed by atoms with Crippen LogP contribution in [0.25, 0.3) is 0 Å².